The van der Waals surface area contributed by atoms with E-state index in [9.17, 15) is 0 Å². The van der Waals surface area contributed by atoms with Crippen LogP contribution in [0.25, 0.3) is 0 Å². The Morgan fingerprint density at radius 1 is 1.00 bits per heavy atom. The second kappa shape index (κ2) is 14.2. The topological polar surface area (TPSA) is 26.0 Å². The van der Waals surface area contributed by atoms with Crippen molar-refractivity contribution in [3.63, 3.8) is 0 Å². The smallest absolute Gasteiger partial charge is 0.00766 e. The largest absolute Gasteiger partial charge is 0.327 e. The Balaban J connectivity index is 0. The van der Waals surface area contributed by atoms with Crippen molar-refractivity contribution in [2.24, 2.45) is 5.73 Å². The van der Waals surface area contributed by atoms with E-state index in [0.717, 1.165) is 12.8 Å². The van der Waals surface area contributed by atoms with E-state index in [4.69, 9.17) is 5.73 Å². The average Bonchev–Trinajstić information content (AvgIpc) is 2.34. The highest BCUT2D eigenvalue weighted by molar-refractivity contribution is 5.15. The van der Waals surface area contributed by atoms with Crippen molar-refractivity contribution in [3.05, 3.63) is 35.9 Å². The molecule has 1 aromatic carbocycles. The average molecular weight is 223 g/mol. The van der Waals surface area contributed by atoms with Gasteiger partial charge in [-0.1, -0.05) is 71.4 Å². The van der Waals surface area contributed by atoms with Crippen molar-refractivity contribution in [2.75, 3.05) is 0 Å². The molecule has 2 N–H and O–H groups in total. The van der Waals surface area contributed by atoms with Gasteiger partial charge in [-0.2, -0.15) is 0 Å². The van der Waals surface area contributed by atoms with Gasteiger partial charge in [0.2, 0.25) is 0 Å². The normalized spacial score (nSPS) is 10.4. The lowest BCUT2D eigenvalue weighted by Gasteiger charge is -2.07. The van der Waals surface area contributed by atoms with Gasteiger partial charge < -0.3 is 5.73 Å². The summed E-state index contributed by atoms with van der Waals surface area (Å²) in [4.78, 5) is 0. The first-order valence-corrected chi connectivity index (χ1v) is 6.54. The molecule has 16 heavy (non-hydrogen) atoms. The van der Waals surface area contributed by atoms with Crippen LogP contribution in [0.1, 0.15) is 53.0 Å². The van der Waals surface area contributed by atoms with Crippen LogP contribution in [0.5, 0.6) is 0 Å². The Kier molecular flexibility index (Phi) is 15.6. The summed E-state index contributed by atoms with van der Waals surface area (Å²) in [6.45, 7) is 10.4. The molecule has 1 heteroatoms. The molecule has 0 spiro atoms. The van der Waals surface area contributed by atoms with Gasteiger partial charge in [-0.25, -0.2) is 0 Å². The van der Waals surface area contributed by atoms with Gasteiger partial charge in [-0.05, 0) is 18.4 Å². The van der Waals surface area contributed by atoms with E-state index in [2.05, 4.69) is 45.0 Å². The predicted octanol–water partition coefficient (Wildman–Crippen LogP) is 4.41. The van der Waals surface area contributed by atoms with E-state index in [1.165, 1.54) is 12.0 Å². The van der Waals surface area contributed by atoms with Crippen LogP contribution in [0.4, 0.5) is 0 Å². The molecule has 0 amide bonds. The molecule has 1 unspecified atom stereocenters. The highest BCUT2D eigenvalue weighted by Crippen LogP contribution is 2.02. The lowest BCUT2D eigenvalue weighted by atomic mass is 10.1. The minimum atomic E-state index is 0.317. The summed E-state index contributed by atoms with van der Waals surface area (Å²) in [5.74, 6) is 0. The maximum Gasteiger partial charge on any atom is 0.00766 e. The van der Waals surface area contributed by atoms with Crippen LogP contribution in [-0.2, 0) is 6.42 Å². The number of hydrogen-bond acceptors (Lipinski definition) is 1. The second-order valence-electron chi connectivity index (χ2n) is 3.57. The SMILES string of the molecule is CC.CCC.CCC(N)Cc1ccccc1. The number of rotatable bonds is 3. The first-order valence-electron chi connectivity index (χ1n) is 6.54. The lowest BCUT2D eigenvalue weighted by Crippen LogP contribution is -2.21. The lowest BCUT2D eigenvalue weighted by molar-refractivity contribution is 0.646. The van der Waals surface area contributed by atoms with Crippen molar-refractivity contribution in [2.45, 2.75) is 59.9 Å². The molecule has 0 heterocycles. The molecule has 1 nitrogen and oxygen atoms in total. The fraction of sp³-hybridized carbons (Fsp3) is 0.600. The third kappa shape index (κ3) is 11.3. The van der Waals surface area contributed by atoms with E-state index >= 15 is 0 Å². The molecule has 0 aromatic heterocycles. The summed E-state index contributed by atoms with van der Waals surface area (Å²) < 4.78 is 0. The van der Waals surface area contributed by atoms with E-state index in [-0.39, 0.29) is 0 Å². The van der Waals surface area contributed by atoms with E-state index in [1.807, 2.05) is 19.9 Å². The Morgan fingerprint density at radius 2 is 1.44 bits per heavy atom. The molecule has 0 radical (unpaired) electrons. The molecule has 0 aliphatic carbocycles. The predicted molar refractivity (Wildman–Crippen MR) is 75.7 cm³/mol. The van der Waals surface area contributed by atoms with Gasteiger partial charge in [-0.15, -0.1) is 0 Å². The zero-order chi connectivity index (χ0) is 12.8. The third-order valence-electron chi connectivity index (χ3n) is 1.87. The van der Waals surface area contributed by atoms with Crippen molar-refractivity contribution in [1.82, 2.24) is 0 Å². The highest BCUT2D eigenvalue weighted by Gasteiger charge is 1.98. The van der Waals surface area contributed by atoms with E-state index in [1.54, 1.807) is 0 Å². The number of nitrogens with two attached hydrogens (primary N) is 1. The maximum absolute atomic E-state index is 5.80. The minimum absolute atomic E-state index is 0.317. The molecule has 1 rings (SSSR count). The number of benzene rings is 1. The number of hydrogen-bond donors (Lipinski definition) is 1. The Hall–Kier alpha value is -0.820. The zero-order valence-corrected chi connectivity index (χ0v) is 11.7. The van der Waals surface area contributed by atoms with E-state index < -0.39 is 0 Å². The maximum atomic E-state index is 5.80. The Morgan fingerprint density at radius 3 is 1.81 bits per heavy atom. The van der Waals surface area contributed by atoms with Crippen LogP contribution in [0.3, 0.4) is 0 Å². The van der Waals surface area contributed by atoms with E-state index in [0.29, 0.717) is 6.04 Å². The monoisotopic (exact) mass is 223 g/mol. The van der Waals surface area contributed by atoms with Crippen molar-refractivity contribution >= 4 is 0 Å². The quantitative estimate of drug-likeness (QED) is 0.807. The van der Waals surface area contributed by atoms with Gasteiger partial charge >= 0.3 is 0 Å². The van der Waals surface area contributed by atoms with Crippen LogP contribution in [-0.4, -0.2) is 6.04 Å². The fourth-order valence-corrected chi connectivity index (χ4v) is 1.06. The van der Waals surface area contributed by atoms with Crippen molar-refractivity contribution in [3.8, 4) is 0 Å². The van der Waals surface area contributed by atoms with Crippen LogP contribution in [0.2, 0.25) is 0 Å². The van der Waals surface area contributed by atoms with Gasteiger partial charge in [0, 0.05) is 6.04 Å². The molecule has 1 aromatic rings. The molecular formula is C15H29N. The first-order chi connectivity index (χ1) is 7.74. The van der Waals surface area contributed by atoms with Crippen molar-refractivity contribution in [1.29, 1.82) is 0 Å². The standard InChI is InChI=1S/C10H15N.C3H8.C2H6/c1-2-10(11)8-9-6-4-3-5-7-9;1-3-2;1-2/h3-7,10H,2,8,11H2,1H3;3H2,1-2H3;1-2H3. The van der Waals surface area contributed by atoms with Gasteiger partial charge in [-0.3, -0.25) is 0 Å². The zero-order valence-electron chi connectivity index (χ0n) is 11.7. The summed E-state index contributed by atoms with van der Waals surface area (Å²) >= 11 is 0. The van der Waals surface area contributed by atoms with Gasteiger partial charge in [0.05, 0.1) is 0 Å². The van der Waals surface area contributed by atoms with Crippen LogP contribution >= 0.6 is 0 Å². The third-order valence-corrected chi connectivity index (χ3v) is 1.87. The Labute approximate surface area is 102 Å². The molecule has 0 bridgehead atoms. The van der Waals surface area contributed by atoms with Crippen LogP contribution in [0.15, 0.2) is 30.3 Å². The van der Waals surface area contributed by atoms with Crippen molar-refractivity contribution < 1.29 is 0 Å². The van der Waals surface area contributed by atoms with Gasteiger partial charge in [0.15, 0.2) is 0 Å². The summed E-state index contributed by atoms with van der Waals surface area (Å²) in [6.07, 6.45) is 3.30. The van der Waals surface area contributed by atoms with Crippen LogP contribution in [0, 0.1) is 0 Å². The summed E-state index contributed by atoms with van der Waals surface area (Å²) in [7, 11) is 0. The molecule has 94 valence electrons. The van der Waals surface area contributed by atoms with Crippen LogP contribution < -0.4 is 5.73 Å². The van der Waals surface area contributed by atoms with Gasteiger partial charge in [0.1, 0.15) is 0 Å². The molecule has 0 fully saturated rings. The fourth-order valence-electron chi connectivity index (χ4n) is 1.06. The summed E-state index contributed by atoms with van der Waals surface area (Å²) in [5, 5.41) is 0. The molecule has 0 aliphatic rings. The molecule has 0 saturated carbocycles. The summed E-state index contributed by atoms with van der Waals surface area (Å²) in [6, 6.07) is 10.7. The molecule has 0 saturated heterocycles. The highest BCUT2D eigenvalue weighted by atomic mass is 14.6. The molecule has 1 atom stereocenters. The molecule has 0 aliphatic heterocycles. The Bertz CT molecular complexity index is 206. The first kappa shape index (κ1) is 17.6. The van der Waals surface area contributed by atoms with Gasteiger partial charge in [0.25, 0.3) is 0 Å². The second-order valence-corrected chi connectivity index (χ2v) is 3.57. The summed E-state index contributed by atoms with van der Waals surface area (Å²) in [5.41, 5.74) is 7.14. The molecular weight excluding hydrogens is 194 g/mol. The minimum Gasteiger partial charge on any atom is -0.327 e.